The topological polar surface area (TPSA) is 201 Å². The minimum atomic E-state index is -1.31. The van der Waals surface area contributed by atoms with Gasteiger partial charge >= 0.3 is 5.97 Å². The Morgan fingerprint density at radius 3 is 1.96 bits per heavy atom. The fraction of sp³-hybridized carbons (Fsp3) is 0.541. The van der Waals surface area contributed by atoms with Crippen LogP contribution in [0.3, 0.4) is 0 Å². The van der Waals surface area contributed by atoms with E-state index >= 15 is 0 Å². The zero-order valence-electron chi connectivity index (χ0n) is 30.6. The molecule has 4 N–H and O–H groups in total. The number of carbonyl (C=O) groups excluding carboxylic acids is 5. The van der Waals surface area contributed by atoms with E-state index in [4.69, 9.17) is 15.0 Å². The Labute approximate surface area is 300 Å². The number of nitrogens with one attached hydrogen (secondary N) is 4. The number of carbonyl (C=O) groups is 5. The van der Waals surface area contributed by atoms with Gasteiger partial charge in [-0.15, -0.1) is 0 Å². The zero-order valence-corrected chi connectivity index (χ0v) is 30.6. The standard InChI is InChI=1S/C37H53N7O7/c1-25(2)22-30(35(48)43-32(24-33(46)51-37(4,5)6)34(47)39-18-20-50-21-19-40-44-38)42-36(49)31(41-26(3)45)23-29-16-14-28(15-17-29)13-12-27-10-8-7-9-11-27/h7-11,14-17,25,30-32H,12-13,18-24H2,1-6H3,(H,39,47)(H,41,45)(H,42,49)(H,43,48)/t30-,31+,32+/m1/s1. The Morgan fingerprint density at radius 2 is 1.37 bits per heavy atom. The Morgan fingerprint density at radius 1 is 0.784 bits per heavy atom. The third-order valence-electron chi connectivity index (χ3n) is 7.41. The lowest BCUT2D eigenvalue weighted by Crippen LogP contribution is -2.57. The van der Waals surface area contributed by atoms with Gasteiger partial charge in [0.05, 0.1) is 19.6 Å². The molecule has 0 heterocycles. The number of amides is 4. The van der Waals surface area contributed by atoms with E-state index in [1.54, 1.807) is 20.8 Å². The molecule has 4 amide bonds. The molecule has 0 saturated heterocycles. The van der Waals surface area contributed by atoms with Gasteiger partial charge in [-0.2, -0.15) is 0 Å². The Bertz CT molecular complexity index is 1470. The summed E-state index contributed by atoms with van der Waals surface area (Å²) in [5.74, 6) is -3.03. The second-order valence-corrected chi connectivity index (χ2v) is 13.7. The first-order chi connectivity index (χ1) is 24.2. The molecule has 0 radical (unpaired) electrons. The van der Waals surface area contributed by atoms with Gasteiger partial charge in [-0.3, -0.25) is 24.0 Å². The molecule has 2 aromatic rings. The number of ether oxygens (including phenoxy) is 2. The highest BCUT2D eigenvalue weighted by Crippen LogP contribution is 2.13. The lowest BCUT2D eigenvalue weighted by atomic mass is 9.99. The Balaban J connectivity index is 2.15. The molecular formula is C37H53N7O7. The van der Waals surface area contributed by atoms with Gasteiger partial charge in [0.1, 0.15) is 23.7 Å². The lowest BCUT2D eigenvalue weighted by Gasteiger charge is -2.27. The van der Waals surface area contributed by atoms with Crippen LogP contribution in [0.5, 0.6) is 0 Å². The van der Waals surface area contributed by atoms with Gasteiger partial charge in [0, 0.05) is 31.3 Å². The number of hydrogen-bond acceptors (Lipinski definition) is 8. The SMILES string of the molecule is CC(=O)N[C@@H](Cc1ccc(CCc2ccccc2)cc1)C(=O)N[C@H](CC(C)C)C(=O)N[C@@H](CC(=O)OC(C)(C)C)C(=O)NCCOCCN=[N+]=[N-]. The third-order valence-corrected chi connectivity index (χ3v) is 7.41. The van der Waals surface area contributed by atoms with Crippen LogP contribution in [0.2, 0.25) is 0 Å². The summed E-state index contributed by atoms with van der Waals surface area (Å²) in [5, 5.41) is 14.1. The van der Waals surface area contributed by atoms with E-state index in [0.29, 0.717) is 0 Å². The average molecular weight is 708 g/mol. The van der Waals surface area contributed by atoms with Crippen molar-refractivity contribution in [3.05, 3.63) is 81.7 Å². The molecule has 0 aliphatic carbocycles. The number of hydrogen-bond donors (Lipinski definition) is 4. The first kappa shape index (κ1) is 42.2. The summed E-state index contributed by atoms with van der Waals surface area (Å²) in [7, 11) is 0. The first-order valence-corrected chi connectivity index (χ1v) is 17.2. The number of aryl methyl sites for hydroxylation is 2. The number of esters is 1. The van der Waals surface area contributed by atoms with Crippen molar-refractivity contribution in [1.29, 1.82) is 0 Å². The minimum absolute atomic E-state index is 0.0376. The number of nitrogens with zero attached hydrogens (tertiary/aromatic N) is 3. The molecule has 0 aliphatic rings. The molecule has 0 aromatic heterocycles. The predicted molar refractivity (Wildman–Crippen MR) is 193 cm³/mol. The van der Waals surface area contributed by atoms with Crippen molar-refractivity contribution in [3.63, 3.8) is 0 Å². The van der Waals surface area contributed by atoms with Crippen molar-refractivity contribution in [1.82, 2.24) is 21.3 Å². The quantitative estimate of drug-likeness (QED) is 0.0498. The van der Waals surface area contributed by atoms with E-state index in [-0.39, 0.29) is 45.1 Å². The van der Waals surface area contributed by atoms with Gasteiger partial charge < -0.3 is 30.7 Å². The summed E-state index contributed by atoms with van der Waals surface area (Å²) in [6.45, 7) is 10.6. The highest BCUT2D eigenvalue weighted by atomic mass is 16.6. The minimum Gasteiger partial charge on any atom is -0.460 e. The maximum atomic E-state index is 13.7. The fourth-order valence-electron chi connectivity index (χ4n) is 5.09. The summed E-state index contributed by atoms with van der Waals surface area (Å²) in [6.07, 6.45) is 1.71. The fourth-order valence-corrected chi connectivity index (χ4v) is 5.09. The molecular weight excluding hydrogens is 654 g/mol. The second kappa shape index (κ2) is 22.0. The van der Waals surface area contributed by atoms with Crippen molar-refractivity contribution >= 4 is 29.6 Å². The smallest absolute Gasteiger partial charge is 0.308 e. The molecule has 0 fully saturated rings. The van der Waals surface area contributed by atoms with Gasteiger partial charge in [0.2, 0.25) is 23.6 Å². The molecule has 0 bridgehead atoms. The molecule has 14 nitrogen and oxygen atoms in total. The number of rotatable bonds is 21. The van der Waals surface area contributed by atoms with E-state index in [9.17, 15) is 24.0 Å². The molecule has 0 aliphatic heterocycles. The van der Waals surface area contributed by atoms with Crippen molar-refractivity contribution in [2.24, 2.45) is 11.0 Å². The van der Waals surface area contributed by atoms with E-state index in [1.165, 1.54) is 12.5 Å². The molecule has 3 atom stereocenters. The molecule has 0 unspecified atom stereocenters. The molecule has 51 heavy (non-hydrogen) atoms. The zero-order chi connectivity index (χ0) is 37.8. The van der Waals surface area contributed by atoms with Crippen molar-refractivity contribution in [3.8, 4) is 0 Å². The maximum Gasteiger partial charge on any atom is 0.308 e. The first-order valence-electron chi connectivity index (χ1n) is 17.2. The van der Waals surface area contributed by atoms with Crippen LogP contribution in [-0.4, -0.2) is 79.6 Å². The summed E-state index contributed by atoms with van der Waals surface area (Å²) in [4.78, 5) is 67.9. The van der Waals surface area contributed by atoms with Crippen LogP contribution < -0.4 is 21.3 Å². The van der Waals surface area contributed by atoms with E-state index in [2.05, 4.69) is 43.4 Å². The second-order valence-electron chi connectivity index (χ2n) is 13.7. The van der Waals surface area contributed by atoms with Crippen LogP contribution in [0, 0.1) is 5.92 Å². The Kier molecular flexibility index (Phi) is 18.2. The highest BCUT2D eigenvalue weighted by Gasteiger charge is 2.32. The normalized spacial score (nSPS) is 12.8. The van der Waals surface area contributed by atoms with Crippen LogP contribution >= 0.6 is 0 Å². The van der Waals surface area contributed by atoms with Crippen LogP contribution in [-0.2, 0) is 52.7 Å². The summed E-state index contributed by atoms with van der Waals surface area (Å²) in [5.41, 5.74) is 10.7. The van der Waals surface area contributed by atoms with Gasteiger partial charge in [-0.1, -0.05) is 73.6 Å². The van der Waals surface area contributed by atoms with Crippen molar-refractivity contribution in [2.75, 3.05) is 26.3 Å². The van der Waals surface area contributed by atoms with Gasteiger partial charge in [0.15, 0.2) is 0 Å². The summed E-state index contributed by atoms with van der Waals surface area (Å²) < 4.78 is 10.7. The van der Waals surface area contributed by atoms with E-state index in [0.717, 1.165) is 24.0 Å². The van der Waals surface area contributed by atoms with Gasteiger partial charge in [-0.05, 0) is 68.2 Å². The van der Waals surface area contributed by atoms with Crippen LogP contribution in [0.15, 0.2) is 59.7 Å². The Hall–Kier alpha value is -4.94. The number of benzene rings is 2. The van der Waals surface area contributed by atoms with E-state index < -0.39 is 59.7 Å². The largest absolute Gasteiger partial charge is 0.460 e. The number of azide groups is 1. The molecule has 2 rings (SSSR count). The van der Waals surface area contributed by atoms with Crippen molar-refractivity contribution in [2.45, 2.75) is 97.4 Å². The lowest BCUT2D eigenvalue weighted by molar-refractivity contribution is -0.156. The maximum absolute atomic E-state index is 13.7. The highest BCUT2D eigenvalue weighted by molar-refractivity contribution is 5.95. The molecule has 0 spiro atoms. The van der Waals surface area contributed by atoms with E-state index in [1.807, 2.05) is 56.3 Å². The molecule has 14 heteroatoms. The van der Waals surface area contributed by atoms with Crippen LogP contribution in [0.25, 0.3) is 10.4 Å². The van der Waals surface area contributed by atoms with Crippen LogP contribution in [0.1, 0.15) is 71.1 Å². The summed E-state index contributed by atoms with van der Waals surface area (Å²) in [6, 6.07) is 14.7. The third kappa shape index (κ3) is 18.0. The average Bonchev–Trinajstić information content (AvgIpc) is 3.05. The monoisotopic (exact) mass is 707 g/mol. The van der Waals surface area contributed by atoms with Crippen molar-refractivity contribution < 1.29 is 33.4 Å². The molecule has 0 saturated carbocycles. The predicted octanol–water partition coefficient (Wildman–Crippen LogP) is 3.71. The van der Waals surface area contributed by atoms with Gasteiger partial charge in [-0.25, -0.2) is 0 Å². The summed E-state index contributed by atoms with van der Waals surface area (Å²) >= 11 is 0. The van der Waals surface area contributed by atoms with Crippen LogP contribution in [0.4, 0.5) is 0 Å². The molecule has 2 aromatic carbocycles. The molecule has 278 valence electrons. The van der Waals surface area contributed by atoms with Gasteiger partial charge in [0.25, 0.3) is 0 Å².